The summed E-state index contributed by atoms with van der Waals surface area (Å²) in [6.07, 6.45) is 9.55. The Morgan fingerprint density at radius 3 is 3.08 bits per heavy atom. The summed E-state index contributed by atoms with van der Waals surface area (Å²) in [5.74, 6) is 1.79. The Bertz CT molecular complexity index is 241. The van der Waals surface area contributed by atoms with Crippen LogP contribution >= 0.6 is 0 Å². The number of hydrogen-bond acceptors (Lipinski definition) is 1. The van der Waals surface area contributed by atoms with Gasteiger partial charge in [0.15, 0.2) is 0 Å². The summed E-state index contributed by atoms with van der Waals surface area (Å²) in [7, 11) is 0. The van der Waals surface area contributed by atoms with Crippen molar-refractivity contribution in [3.8, 4) is 0 Å². The van der Waals surface area contributed by atoms with E-state index >= 15 is 0 Å². The average molecular weight is 178 g/mol. The fourth-order valence-electron chi connectivity index (χ4n) is 2.40. The fourth-order valence-corrected chi connectivity index (χ4v) is 2.40. The zero-order valence-electron chi connectivity index (χ0n) is 8.32. The van der Waals surface area contributed by atoms with E-state index < -0.39 is 0 Å². The third kappa shape index (κ3) is 2.33. The summed E-state index contributed by atoms with van der Waals surface area (Å²) >= 11 is 0. The van der Waals surface area contributed by atoms with Crippen LogP contribution in [0, 0.1) is 11.8 Å². The van der Waals surface area contributed by atoms with E-state index in [4.69, 9.17) is 0 Å². The highest BCUT2D eigenvalue weighted by atomic mass is 15.3. The van der Waals surface area contributed by atoms with Gasteiger partial charge in [-0.25, -0.2) is 0 Å². The van der Waals surface area contributed by atoms with Crippen molar-refractivity contribution in [2.24, 2.45) is 11.8 Å². The van der Waals surface area contributed by atoms with E-state index in [1.807, 2.05) is 12.3 Å². The Labute approximate surface area is 80.0 Å². The highest BCUT2D eigenvalue weighted by molar-refractivity contribution is 4.79. The molecule has 0 unspecified atom stereocenters. The van der Waals surface area contributed by atoms with Gasteiger partial charge in [-0.2, -0.15) is 5.10 Å². The molecule has 0 radical (unpaired) electrons. The largest absolute Gasteiger partial charge is 0.272 e. The second kappa shape index (κ2) is 3.95. The van der Waals surface area contributed by atoms with Gasteiger partial charge in [0, 0.05) is 18.9 Å². The molecule has 1 aliphatic carbocycles. The minimum Gasteiger partial charge on any atom is -0.272 e. The third-order valence-electron chi connectivity index (χ3n) is 3.05. The lowest BCUT2D eigenvalue weighted by atomic mass is 9.82. The monoisotopic (exact) mass is 178 g/mol. The average Bonchev–Trinajstić information content (AvgIpc) is 2.57. The van der Waals surface area contributed by atoms with Crippen molar-refractivity contribution in [3.05, 3.63) is 18.5 Å². The third-order valence-corrected chi connectivity index (χ3v) is 3.05. The second-order valence-corrected chi connectivity index (χ2v) is 4.37. The lowest BCUT2D eigenvalue weighted by Crippen LogP contribution is -2.18. The topological polar surface area (TPSA) is 17.8 Å². The summed E-state index contributed by atoms with van der Waals surface area (Å²) in [6, 6.07) is 2.01. The summed E-state index contributed by atoms with van der Waals surface area (Å²) in [5, 5.41) is 4.25. The molecule has 2 heteroatoms. The first kappa shape index (κ1) is 8.79. The van der Waals surface area contributed by atoms with E-state index in [1.54, 1.807) is 0 Å². The van der Waals surface area contributed by atoms with Crippen LogP contribution in [0.5, 0.6) is 0 Å². The number of rotatable bonds is 2. The highest BCUT2D eigenvalue weighted by Crippen LogP contribution is 2.29. The lowest BCUT2D eigenvalue weighted by Gasteiger charge is -2.26. The standard InChI is InChI=1S/C11H18N2/c1-10-4-2-5-11(8-10)9-13-7-3-6-12-13/h3,6-7,10-11H,2,4-5,8-9H2,1H3/t10-,11+/m1/s1. The quantitative estimate of drug-likeness (QED) is 0.681. The minimum absolute atomic E-state index is 0.864. The molecule has 2 nitrogen and oxygen atoms in total. The van der Waals surface area contributed by atoms with Crippen LogP contribution in [0.15, 0.2) is 18.5 Å². The van der Waals surface area contributed by atoms with E-state index in [1.165, 1.54) is 25.7 Å². The maximum Gasteiger partial charge on any atom is 0.0489 e. The zero-order valence-corrected chi connectivity index (χ0v) is 8.32. The predicted octanol–water partition coefficient (Wildman–Crippen LogP) is 2.71. The van der Waals surface area contributed by atoms with Crippen LogP contribution in [-0.2, 0) is 6.54 Å². The molecule has 1 fully saturated rings. The zero-order chi connectivity index (χ0) is 9.10. The van der Waals surface area contributed by atoms with Gasteiger partial charge in [-0.3, -0.25) is 4.68 Å². The molecule has 0 bridgehead atoms. The van der Waals surface area contributed by atoms with Gasteiger partial charge in [-0.15, -0.1) is 0 Å². The molecule has 0 aliphatic heterocycles. The van der Waals surface area contributed by atoms with E-state index in [0.717, 1.165) is 18.4 Å². The van der Waals surface area contributed by atoms with E-state index in [9.17, 15) is 0 Å². The van der Waals surface area contributed by atoms with Gasteiger partial charge in [-0.1, -0.05) is 19.8 Å². The van der Waals surface area contributed by atoms with Gasteiger partial charge in [0.05, 0.1) is 0 Å². The van der Waals surface area contributed by atoms with Gasteiger partial charge < -0.3 is 0 Å². The molecule has 1 aromatic rings. The molecule has 0 amide bonds. The van der Waals surface area contributed by atoms with Gasteiger partial charge in [0.2, 0.25) is 0 Å². The van der Waals surface area contributed by atoms with Crippen molar-refractivity contribution in [3.63, 3.8) is 0 Å². The summed E-state index contributed by atoms with van der Waals surface area (Å²) in [4.78, 5) is 0. The SMILES string of the molecule is C[C@@H]1CCC[C@H](Cn2cccn2)C1. The molecule has 0 aromatic carbocycles. The highest BCUT2D eigenvalue weighted by Gasteiger charge is 2.18. The minimum atomic E-state index is 0.864. The van der Waals surface area contributed by atoms with Gasteiger partial charge >= 0.3 is 0 Å². The summed E-state index contributed by atoms with van der Waals surface area (Å²) < 4.78 is 2.07. The van der Waals surface area contributed by atoms with Crippen LogP contribution in [0.1, 0.15) is 32.6 Å². The molecule has 1 aromatic heterocycles. The summed E-state index contributed by atoms with van der Waals surface area (Å²) in [5.41, 5.74) is 0. The predicted molar refractivity (Wildman–Crippen MR) is 53.3 cm³/mol. The Kier molecular flexibility index (Phi) is 2.67. The molecule has 0 N–H and O–H groups in total. The molecule has 2 rings (SSSR count). The van der Waals surface area contributed by atoms with Crippen molar-refractivity contribution in [2.75, 3.05) is 0 Å². The van der Waals surface area contributed by atoms with E-state index in [2.05, 4.69) is 22.9 Å². The van der Waals surface area contributed by atoms with E-state index in [-0.39, 0.29) is 0 Å². The van der Waals surface area contributed by atoms with Crippen molar-refractivity contribution < 1.29 is 0 Å². The molecule has 0 saturated heterocycles. The van der Waals surface area contributed by atoms with E-state index in [0.29, 0.717) is 0 Å². The molecule has 72 valence electrons. The maximum atomic E-state index is 4.25. The van der Waals surface area contributed by atoms with Gasteiger partial charge in [0.25, 0.3) is 0 Å². The van der Waals surface area contributed by atoms with Crippen LogP contribution in [-0.4, -0.2) is 9.78 Å². The van der Waals surface area contributed by atoms with Crippen LogP contribution in [0.3, 0.4) is 0 Å². The Hall–Kier alpha value is -0.790. The smallest absolute Gasteiger partial charge is 0.0489 e. The summed E-state index contributed by atoms with van der Waals surface area (Å²) in [6.45, 7) is 3.49. The Morgan fingerprint density at radius 1 is 1.46 bits per heavy atom. The maximum absolute atomic E-state index is 4.25. The van der Waals surface area contributed by atoms with Crippen LogP contribution in [0.25, 0.3) is 0 Å². The fraction of sp³-hybridized carbons (Fsp3) is 0.727. The number of nitrogens with zero attached hydrogens (tertiary/aromatic N) is 2. The molecular weight excluding hydrogens is 160 g/mol. The van der Waals surface area contributed by atoms with Gasteiger partial charge in [0.1, 0.15) is 0 Å². The first-order chi connectivity index (χ1) is 6.34. The first-order valence-electron chi connectivity index (χ1n) is 5.32. The molecule has 13 heavy (non-hydrogen) atoms. The van der Waals surface area contributed by atoms with Crippen LogP contribution in [0.4, 0.5) is 0 Å². The molecule has 1 heterocycles. The normalized spacial score (nSPS) is 29.0. The van der Waals surface area contributed by atoms with Crippen LogP contribution < -0.4 is 0 Å². The van der Waals surface area contributed by atoms with Crippen molar-refractivity contribution in [1.29, 1.82) is 0 Å². The molecule has 1 aliphatic rings. The molecular formula is C11H18N2. The Morgan fingerprint density at radius 2 is 2.38 bits per heavy atom. The first-order valence-corrected chi connectivity index (χ1v) is 5.32. The Balaban J connectivity index is 1.87. The second-order valence-electron chi connectivity index (χ2n) is 4.37. The number of hydrogen-bond donors (Lipinski definition) is 0. The molecule has 1 saturated carbocycles. The number of aromatic nitrogens is 2. The lowest BCUT2D eigenvalue weighted by molar-refractivity contribution is 0.250. The van der Waals surface area contributed by atoms with Crippen LogP contribution in [0.2, 0.25) is 0 Å². The molecule has 0 spiro atoms. The van der Waals surface area contributed by atoms with Crippen molar-refractivity contribution in [2.45, 2.75) is 39.2 Å². The van der Waals surface area contributed by atoms with Crippen molar-refractivity contribution >= 4 is 0 Å². The van der Waals surface area contributed by atoms with Gasteiger partial charge in [-0.05, 0) is 30.7 Å². The molecule has 2 atom stereocenters. The van der Waals surface area contributed by atoms with Crippen molar-refractivity contribution in [1.82, 2.24) is 9.78 Å².